The number of benzene rings is 1. The molecule has 1 atom stereocenters. The number of unbranched alkanes of at least 4 members (excludes halogenated alkanes) is 1. The molecule has 0 bridgehead atoms. The summed E-state index contributed by atoms with van der Waals surface area (Å²) in [6.45, 7) is 6.87. The van der Waals surface area contributed by atoms with E-state index in [4.69, 9.17) is 0 Å². The van der Waals surface area contributed by atoms with Crippen molar-refractivity contribution in [3.63, 3.8) is 0 Å². The lowest BCUT2D eigenvalue weighted by Gasteiger charge is -2.28. The summed E-state index contributed by atoms with van der Waals surface area (Å²) in [6, 6.07) is 4.37. The predicted molar refractivity (Wildman–Crippen MR) is 75.5 cm³/mol. The number of phenols is 2. The molecule has 0 aliphatic rings. The number of nitrogens with zero attached hydrogens (tertiary/aromatic N) is 1. The van der Waals surface area contributed by atoms with Crippen molar-refractivity contribution < 1.29 is 15.0 Å². The minimum absolute atomic E-state index is 0.0990. The zero-order valence-electron chi connectivity index (χ0n) is 11.9. The molecular formula is C15H23NO3. The molecule has 4 nitrogen and oxygen atoms in total. The van der Waals surface area contributed by atoms with Crippen LogP contribution >= 0.6 is 0 Å². The molecular weight excluding hydrogens is 242 g/mol. The Hall–Kier alpha value is -1.71. The number of aromatic hydroxyl groups is 2. The largest absolute Gasteiger partial charge is 0.504 e. The molecule has 0 aliphatic heterocycles. The Morgan fingerprint density at radius 2 is 1.95 bits per heavy atom. The lowest BCUT2D eigenvalue weighted by atomic mass is 10.1. The van der Waals surface area contributed by atoms with E-state index in [9.17, 15) is 15.0 Å². The van der Waals surface area contributed by atoms with Crippen molar-refractivity contribution in [2.45, 2.75) is 46.1 Å². The maximum absolute atomic E-state index is 12.4. The van der Waals surface area contributed by atoms with E-state index in [1.165, 1.54) is 12.1 Å². The van der Waals surface area contributed by atoms with E-state index in [1.54, 1.807) is 6.07 Å². The Morgan fingerprint density at radius 3 is 2.47 bits per heavy atom. The highest BCUT2D eigenvalue weighted by Crippen LogP contribution is 2.26. The van der Waals surface area contributed by atoms with Gasteiger partial charge in [-0.05, 0) is 38.0 Å². The van der Waals surface area contributed by atoms with Crippen LogP contribution in [0.2, 0.25) is 0 Å². The van der Waals surface area contributed by atoms with Gasteiger partial charge in [-0.1, -0.05) is 20.3 Å². The first-order valence-electron chi connectivity index (χ1n) is 6.84. The fraction of sp³-hybridized carbons (Fsp3) is 0.533. The van der Waals surface area contributed by atoms with Crippen LogP contribution in [0.15, 0.2) is 18.2 Å². The number of carbonyl (C=O) groups excluding carboxylic acids is 1. The first kappa shape index (κ1) is 15.3. The zero-order valence-corrected chi connectivity index (χ0v) is 11.9. The molecule has 0 radical (unpaired) electrons. The number of carbonyl (C=O) groups is 1. The average Bonchev–Trinajstić information content (AvgIpc) is 2.41. The van der Waals surface area contributed by atoms with Gasteiger partial charge in [0.05, 0.1) is 0 Å². The summed E-state index contributed by atoms with van der Waals surface area (Å²) < 4.78 is 0. The van der Waals surface area contributed by atoms with Crippen molar-refractivity contribution in [1.82, 2.24) is 4.90 Å². The SMILES string of the molecule is CCCCN(C(=O)c1ccc(O)c(O)c1)C(C)CC. The summed E-state index contributed by atoms with van der Waals surface area (Å²) in [5, 5.41) is 18.8. The second-order valence-corrected chi connectivity index (χ2v) is 4.81. The second-order valence-electron chi connectivity index (χ2n) is 4.81. The fourth-order valence-electron chi connectivity index (χ4n) is 1.89. The van der Waals surface area contributed by atoms with Gasteiger partial charge < -0.3 is 15.1 Å². The Morgan fingerprint density at radius 1 is 1.26 bits per heavy atom. The van der Waals surface area contributed by atoms with Gasteiger partial charge in [-0.15, -0.1) is 0 Å². The lowest BCUT2D eigenvalue weighted by molar-refractivity contribution is 0.0685. The molecule has 1 rings (SSSR count). The maximum atomic E-state index is 12.4. The molecule has 0 spiro atoms. The molecule has 1 aromatic rings. The van der Waals surface area contributed by atoms with Crippen molar-refractivity contribution in [3.8, 4) is 11.5 Å². The molecule has 0 heterocycles. The van der Waals surface area contributed by atoms with Gasteiger partial charge in [0.25, 0.3) is 5.91 Å². The summed E-state index contributed by atoms with van der Waals surface area (Å²) in [7, 11) is 0. The maximum Gasteiger partial charge on any atom is 0.254 e. The summed E-state index contributed by atoms with van der Waals surface area (Å²) in [4.78, 5) is 14.3. The molecule has 4 heteroatoms. The minimum atomic E-state index is -0.259. The number of phenolic OH excluding ortho intramolecular Hbond substituents is 2. The van der Waals surface area contributed by atoms with Gasteiger partial charge in [0, 0.05) is 18.2 Å². The molecule has 2 N–H and O–H groups in total. The van der Waals surface area contributed by atoms with Crippen LogP contribution in [0, 0.1) is 0 Å². The van der Waals surface area contributed by atoms with Crippen molar-refractivity contribution in [3.05, 3.63) is 23.8 Å². The third-order valence-corrected chi connectivity index (χ3v) is 3.36. The van der Waals surface area contributed by atoms with Gasteiger partial charge in [0.1, 0.15) is 0 Å². The van der Waals surface area contributed by atoms with Crippen LogP contribution in [0.5, 0.6) is 11.5 Å². The van der Waals surface area contributed by atoms with E-state index >= 15 is 0 Å². The average molecular weight is 265 g/mol. The summed E-state index contributed by atoms with van der Waals surface area (Å²) in [5.41, 5.74) is 0.409. The highest BCUT2D eigenvalue weighted by atomic mass is 16.3. The Bertz CT molecular complexity index is 431. The first-order chi connectivity index (χ1) is 9.01. The molecule has 1 unspecified atom stereocenters. The van der Waals surface area contributed by atoms with E-state index in [2.05, 4.69) is 6.92 Å². The number of hydrogen-bond donors (Lipinski definition) is 2. The smallest absolute Gasteiger partial charge is 0.254 e. The molecule has 0 saturated heterocycles. The summed E-state index contributed by atoms with van der Waals surface area (Å²) >= 11 is 0. The quantitative estimate of drug-likeness (QED) is 0.777. The Kier molecular flexibility index (Phi) is 5.67. The fourth-order valence-corrected chi connectivity index (χ4v) is 1.89. The van der Waals surface area contributed by atoms with E-state index in [0.717, 1.165) is 19.3 Å². The monoisotopic (exact) mass is 265 g/mol. The molecule has 1 aromatic carbocycles. The Balaban J connectivity index is 2.94. The lowest BCUT2D eigenvalue weighted by Crippen LogP contribution is -2.39. The molecule has 0 saturated carbocycles. The normalized spacial score (nSPS) is 12.2. The van der Waals surface area contributed by atoms with Gasteiger partial charge in [0.15, 0.2) is 11.5 Å². The number of hydrogen-bond acceptors (Lipinski definition) is 3. The minimum Gasteiger partial charge on any atom is -0.504 e. The van der Waals surface area contributed by atoms with Crippen molar-refractivity contribution in [2.24, 2.45) is 0 Å². The zero-order chi connectivity index (χ0) is 14.4. The highest BCUT2D eigenvalue weighted by Gasteiger charge is 2.20. The van der Waals surface area contributed by atoms with E-state index in [1.807, 2.05) is 18.7 Å². The van der Waals surface area contributed by atoms with Crippen LogP contribution in [0.25, 0.3) is 0 Å². The van der Waals surface area contributed by atoms with Gasteiger partial charge in [-0.2, -0.15) is 0 Å². The number of rotatable bonds is 6. The summed E-state index contributed by atoms with van der Waals surface area (Å²) in [6.07, 6.45) is 2.88. The van der Waals surface area contributed by atoms with Crippen molar-refractivity contribution >= 4 is 5.91 Å². The van der Waals surface area contributed by atoms with Gasteiger partial charge in [-0.3, -0.25) is 4.79 Å². The Labute approximate surface area is 114 Å². The predicted octanol–water partition coefficient (Wildman–Crippen LogP) is 3.14. The van der Waals surface area contributed by atoms with E-state index < -0.39 is 0 Å². The van der Waals surface area contributed by atoms with Crippen LogP contribution in [-0.2, 0) is 0 Å². The van der Waals surface area contributed by atoms with Crippen LogP contribution in [-0.4, -0.2) is 33.6 Å². The van der Waals surface area contributed by atoms with Gasteiger partial charge in [-0.25, -0.2) is 0 Å². The second kappa shape index (κ2) is 7.02. The van der Waals surface area contributed by atoms with Crippen molar-refractivity contribution in [2.75, 3.05) is 6.54 Å². The number of amides is 1. The standard InChI is InChI=1S/C15H23NO3/c1-4-6-9-16(11(3)5-2)15(19)12-7-8-13(17)14(18)10-12/h7-8,10-11,17-18H,4-6,9H2,1-3H3. The summed E-state index contributed by atoms with van der Waals surface area (Å²) in [5.74, 6) is -0.566. The molecule has 0 aromatic heterocycles. The van der Waals surface area contributed by atoms with Crippen molar-refractivity contribution in [1.29, 1.82) is 0 Å². The molecule has 19 heavy (non-hydrogen) atoms. The molecule has 0 fully saturated rings. The van der Waals surface area contributed by atoms with E-state index in [0.29, 0.717) is 12.1 Å². The van der Waals surface area contributed by atoms with Gasteiger partial charge in [0.2, 0.25) is 0 Å². The molecule has 1 amide bonds. The molecule has 106 valence electrons. The van der Waals surface area contributed by atoms with Crippen LogP contribution < -0.4 is 0 Å². The van der Waals surface area contributed by atoms with Crippen LogP contribution in [0.3, 0.4) is 0 Å². The third-order valence-electron chi connectivity index (χ3n) is 3.36. The highest BCUT2D eigenvalue weighted by molar-refractivity contribution is 5.95. The molecule has 0 aliphatic carbocycles. The van der Waals surface area contributed by atoms with E-state index in [-0.39, 0.29) is 23.4 Å². The first-order valence-corrected chi connectivity index (χ1v) is 6.84. The van der Waals surface area contributed by atoms with Crippen LogP contribution in [0.1, 0.15) is 50.4 Å². The third kappa shape index (κ3) is 3.88. The van der Waals surface area contributed by atoms with Gasteiger partial charge >= 0.3 is 0 Å². The van der Waals surface area contributed by atoms with Crippen LogP contribution in [0.4, 0.5) is 0 Å². The topological polar surface area (TPSA) is 60.8 Å².